The van der Waals surface area contributed by atoms with E-state index in [9.17, 15) is 9.59 Å². The Bertz CT molecular complexity index is 741. The Labute approximate surface area is 155 Å². The Hall–Kier alpha value is -2.82. The number of nitrogens with zero attached hydrogens (tertiary/aromatic N) is 1. The summed E-state index contributed by atoms with van der Waals surface area (Å²) in [5, 5.41) is 5.57. The molecule has 5 nitrogen and oxygen atoms in total. The van der Waals surface area contributed by atoms with E-state index in [4.69, 9.17) is 0 Å². The van der Waals surface area contributed by atoms with Crippen LogP contribution >= 0.6 is 0 Å². The minimum Gasteiger partial charge on any atom is -0.372 e. The quantitative estimate of drug-likeness (QED) is 0.733. The van der Waals surface area contributed by atoms with Crippen LogP contribution in [0.5, 0.6) is 0 Å². The molecule has 2 amide bonds. The number of nitrogens with one attached hydrogen (secondary N) is 2. The summed E-state index contributed by atoms with van der Waals surface area (Å²) in [6.45, 7) is 7.74. The maximum atomic E-state index is 12.5. The van der Waals surface area contributed by atoms with Gasteiger partial charge >= 0.3 is 0 Å². The van der Waals surface area contributed by atoms with Crippen molar-refractivity contribution in [3.05, 3.63) is 54.1 Å². The van der Waals surface area contributed by atoms with E-state index in [1.54, 1.807) is 24.3 Å². The molecule has 0 unspecified atom stereocenters. The van der Waals surface area contributed by atoms with Crippen LogP contribution in [0, 0.1) is 0 Å². The third kappa shape index (κ3) is 5.62. The molecule has 0 saturated heterocycles. The summed E-state index contributed by atoms with van der Waals surface area (Å²) >= 11 is 0. The summed E-state index contributed by atoms with van der Waals surface area (Å²) in [5.41, 5.74) is 3.03. The fraction of sp³-hybridized carbons (Fsp3) is 0.333. The lowest BCUT2D eigenvalue weighted by molar-refractivity contribution is -0.114. The highest BCUT2D eigenvalue weighted by Crippen LogP contribution is 2.19. The van der Waals surface area contributed by atoms with Crippen LogP contribution in [0.4, 0.5) is 17.1 Å². The monoisotopic (exact) mass is 353 g/mol. The molecule has 0 fully saturated rings. The minimum absolute atomic E-state index is 0.146. The van der Waals surface area contributed by atoms with Crippen LogP contribution in [-0.2, 0) is 4.79 Å². The van der Waals surface area contributed by atoms with Crippen molar-refractivity contribution in [2.24, 2.45) is 0 Å². The van der Waals surface area contributed by atoms with Crippen molar-refractivity contribution < 1.29 is 9.59 Å². The molecule has 26 heavy (non-hydrogen) atoms. The summed E-state index contributed by atoms with van der Waals surface area (Å²) < 4.78 is 0. The van der Waals surface area contributed by atoms with E-state index >= 15 is 0 Å². The Morgan fingerprint density at radius 3 is 2.19 bits per heavy atom. The van der Waals surface area contributed by atoms with Gasteiger partial charge in [-0.05, 0) is 55.8 Å². The van der Waals surface area contributed by atoms with Crippen LogP contribution in [0.25, 0.3) is 0 Å². The standard InChI is InChI=1S/C21H27N3O2/c1-4-6-14-24(5-2)20-12-10-17(11-13-20)21(26)23-19-9-7-8-18(15-19)22-16(3)25/h7-13,15H,4-6,14H2,1-3H3,(H,22,25)(H,23,26). The zero-order chi connectivity index (χ0) is 18.9. The normalized spacial score (nSPS) is 10.3. The summed E-state index contributed by atoms with van der Waals surface area (Å²) in [6.07, 6.45) is 2.31. The van der Waals surface area contributed by atoms with Gasteiger partial charge in [0, 0.05) is 42.6 Å². The van der Waals surface area contributed by atoms with Crippen molar-refractivity contribution in [2.45, 2.75) is 33.6 Å². The average molecular weight is 353 g/mol. The summed E-state index contributed by atoms with van der Waals surface area (Å²) in [6, 6.07) is 14.8. The molecular formula is C21H27N3O2. The molecule has 2 aromatic carbocycles. The van der Waals surface area contributed by atoms with Gasteiger partial charge in [0.25, 0.3) is 5.91 Å². The lowest BCUT2D eigenvalue weighted by Gasteiger charge is -2.23. The van der Waals surface area contributed by atoms with E-state index in [2.05, 4.69) is 29.4 Å². The smallest absolute Gasteiger partial charge is 0.255 e. The van der Waals surface area contributed by atoms with Gasteiger partial charge in [0.2, 0.25) is 5.91 Å². The van der Waals surface area contributed by atoms with Gasteiger partial charge in [-0.25, -0.2) is 0 Å². The zero-order valence-electron chi connectivity index (χ0n) is 15.7. The van der Waals surface area contributed by atoms with Crippen LogP contribution in [-0.4, -0.2) is 24.9 Å². The van der Waals surface area contributed by atoms with Gasteiger partial charge in [-0.2, -0.15) is 0 Å². The second kappa shape index (κ2) is 9.61. The van der Waals surface area contributed by atoms with Gasteiger partial charge in [0.15, 0.2) is 0 Å². The highest BCUT2D eigenvalue weighted by Gasteiger charge is 2.09. The molecule has 0 aliphatic carbocycles. The van der Waals surface area contributed by atoms with Crippen molar-refractivity contribution in [1.29, 1.82) is 0 Å². The third-order valence-corrected chi connectivity index (χ3v) is 4.10. The Kier molecular flexibility index (Phi) is 7.21. The first-order valence-electron chi connectivity index (χ1n) is 9.07. The lowest BCUT2D eigenvalue weighted by atomic mass is 10.1. The fourth-order valence-corrected chi connectivity index (χ4v) is 2.72. The Morgan fingerprint density at radius 1 is 0.962 bits per heavy atom. The third-order valence-electron chi connectivity index (χ3n) is 4.10. The highest BCUT2D eigenvalue weighted by atomic mass is 16.2. The molecule has 0 aromatic heterocycles. The predicted molar refractivity (Wildman–Crippen MR) is 108 cm³/mol. The van der Waals surface area contributed by atoms with Crippen LogP contribution < -0.4 is 15.5 Å². The number of amides is 2. The average Bonchev–Trinajstić information content (AvgIpc) is 2.62. The van der Waals surface area contributed by atoms with Gasteiger partial charge < -0.3 is 15.5 Å². The fourth-order valence-electron chi connectivity index (χ4n) is 2.72. The van der Waals surface area contributed by atoms with Crippen molar-refractivity contribution in [3.8, 4) is 0 Å². The molecule has 0 heterocycles. The van der Waals surface area contributed by atoms with Crippen LogP contribution in [0.1, 0.15) is 44.0 Å². The number of rotatable bonds is 8. The minimum atomic E-state index is -0.173. The van der Waals surface area contributed by atoms with Crippen molar-refractivity contribution in [1.82, 2.24) is 0 Å². The topological polar surface area (TPSA) is 61.4 Å². The second-order valence-electron chi connectivity index (χ2n) is 6.20. The second-order valence-corrected chi connectivity index (χ2v) is 6.20. The van der Waals surface area contributed by atoms with E-state index in [1.165, 1.54) is 6.92 Å². The molecule has 138 valence electrons. The maximum absolute atomic E-state index is 12.5. The molecule has 0 aliphatic heterocycles. The predicted octanol–water partition coefficient (Wildman–Crippen LogP) is 4.52. The number of carbonyl (C=O) groups is 2. The SMILES string of the molecule is CCCCN(CC)c1ccc(C(=O)Nc2cccc(NC(C)=O)c2)cc1. The summed E-state index contributed by atoms with van der Waals surface area (Å²) in [7, 11) is 0. The van der Waals surface area contributed by atoms with E-state index in [0.717, 1.165) is 31.6 Å². The largest absolute Gasteiger partial charge is 0.372 e. The molecule has 5 heteroatoms. The molecule has 2 aromatic rings. The lowest BCUT2D eigenvalue weighted by Crippen LogP contribution is -2.23. The van der Waals surface area contributed by atoms with Gasteiger partial charge in [0.1, 0.15) is 0 Å². The van der Waals surface area contributed by atoms with Gasteiger partial charge in [-0.15, -0.1) is 0 Å². The Morgan fingerprint density at radius 2 is 1.62 bits per heavy atom. The zero-order valence-corrected chi connectivity index (χ0v) is 15.7. The van der Waals surface area contributed by atoms with Gasteiger partial charge in [-0.1, -0.05) is 19.4 Å². The van der Waals surface area contributed by atoms with E-state index in [0.29, 0.717) is 16.9 Å². The van der Waals surface area contributed by atoms with Crippen molar-refractivity contribution >= 4 is 28.9 Å². The van der Waals surface area contributed by atoms with Crippen molar-refractivity contribution in [3.63, 3.8) is 0 Å². The first-order valence-corrected chi connectivity index (χ1v) is 9.07. The first-order chi connectivity index (χ1) is 12.5. The highest BCUT2D eigenvalue weighted by molar-refractivity contribution is 6.04. The number of benzene rings is 2. The van der Waals surface area contributed by atoms with E-state index in [-0.39, 0.29) is 11.8 Å². The molecule has 0 aliphatic rings. The van der Waals surface area contributed by atoms with E-state index in [1.807, 2.05) is 24.3 Å². The van der Waals surface area contributed by atoms with Gasteiger partial charge in [0.05, 0.1) is 0 Å². The molecule has 2 rings (SSSR count). The molecule has 0 bridgehead atoms. The number of hydrogen-bond donors (Lipinski definition) is 2. The number of carbonyl (C=O) groups excluding carboxylic acids is 2. The summed E-state index contributed by atoms with van der Waals surface area (Å²) in [4.78, 5) is 25.9. The number of hydrogen-bond acceptors (Lipinski definition) is 3. The number of unbranched alkanes of at least 4 members (excludes halogenated alkanes) is 1. The Balaban J connectivity index is 2.04. The molecule has 0 radical (unpaired) electrons. The van der Waals surface area contributed by atoms with Crippen molar-refractivity contribution in [2.75, 3.05) is 28.6 Å². The maximum Gasteiger partial charge on any atom is 0.255 e. The number of anilines is 3. The molecular weight excluding hydrogens is 326 g/mol. The van der Waals surface area contributed by atoms with Gasteiger partial charge in [-0.3, -0.25) is 9.59 Å². The molecule has 2 N–H and O–H groups in total. The summed E-state index contributed by atoms with van der Waals surface area (Å²) in [5.74, 6) is -0.319. The molecule has 0 saturated carbocycles. The van der Waals surface area contributed by atoms with E-state index < -0.39 is 0 Å². The van der Waals surface area contributed by atoms with Crippen LogP contribution in [0.3, 0.4) is 0 Å². The van der Waals surface area contributed by atoms with Crippen LogP contribution in [0.2, 0.25) is 0 Å². The molecule has 0 spiro atoms. The first kappa shape index (κ1) is 19.5. The van der Waals surface area contributed by atoms with Crippen LogP contribution in [0.15, 0.2) is 48.5 Å². The molecule has 0 atom stereocenters.